The molecule has 0 spiro atoms. The Balaban J connectivity index is 1.54. The van der Waals surface area contributed by atoms with E-state index in [0.717, 1.165) is 54.5 Å². The largest absolute Gasteiger partial charge is 0.303 e. The molecule has 1 saturated heterocycles. The highest BCUT2D eigenvalue weighted by Crippen LogP contribution is 2.27. The number of rotatable bonds is 15. The van der Waals surface area contributed by atoms with Crippen molar-refractivity contribution in [2.75, 3.05) is 32.4 Å². The fraction of sp³-hybridized carbons (Fsp3) is 0.483. The summed E-state index contributed by atoms with van der Waals surface area (Å²) in [6.07, 6.45) is 9.56. The van der Waals surface area contributed by atoms with Crippen LogP contribution in [0.3, 0.4) is 0 Å². The minimum absolute atomic E-state index is 0.341. The fourth-order valence-corrected chi connectivity index (χ4v) is 5.71. The second-order valence-electron chi connectivity index (χ2n) is 9.37. The predicted octanol–water partition coefficient (Wildman–Crippen LogP) is 4.84. The number of carbonyl (C=O) groups excluding carboxylic acids is 3. The Kier molecular flexibility index (Phi) is 11.7. The first-order chi connectivity index (χ1) is 17.1. The number of likely N-dealkylation sites (N-methyl/N-ethyl adjacent to an activating group) is 1. The normalized spacial score (nSPS) is 15.1. The molecule has 0 aromatic heterocycles. The molecule has 188 valence electrons. The molecule has 35 heavy (non-hydrogen) atoms. The van der Waals surface area contributed by atoms with E-state index in [4.69, 9.17) is 0 Å². The van der Waals surface area contributed by atoms with Crippen LogP contribution >= 0.6 is 11.8 Å². The minimum Gasteiger partial charge on any atom is -0.303 e. The average molecular weight is 495 g/mol. The molecule has 1 aliphatic heterocycles. The molecule has 1 fully saturated rings. The molecule has 0 radical (unpaired) electrons. The van der Waals surface area contributed by atoms with E-state index in [2.05, 4.69) is 29.2 Å². The van der Waals surface area contributed by atoms with Gasteiger partial charge in [0.15, 0.2) is 0 Å². The number of nitrogens with zero attached hydrogens (tertiary/aromatic N) is 2. The lowest BCUT2D eigenvalue weighted by atomic mass is 10.1. The van der Waals surface area contributed by atoms with Crippen molar-refractivity contribution in [1.29, 1.82) is 0 Å². The molecular weight excluding hydrogens is 456 g/mol. The lowest BCUT2D eigenvalue weighted by Gasteiger charge is -2.26. The van der Waals surface area contributed by atoms with Gasteiger partial charge in [0.2, 0.25) is 0 Å². The van der Waals surface area contributed by atoms with Crippen LogP contribution in [0.25, 0.3) is 0 Å². The second-order valence-corrected chi connectivity index (χ2v) is 10.5. The van der Waals surface area contributed by atoms with Gasteiger partial charge < -0.3 is 14.5 Å². The summed E-state index contributed by atoms with van der Waals surface area (Å²) < 4.78 is 0. The lowest BCUT2D eigenvalue weighted by Crippen LogP contribution is -2.33. The van der Waals surface area contributed by atoms with Gasteiger partial charge in [-0.2, -0.15) is 0 Å². The monoisotopic (exact) mass is 494 g/mol. The van der Waals surface area contributed by atoms with Crippen LogP contribution in [-0.4, -0.2) is 67.1 Å². The van der Waals surface area contributed by atoms with E-state index in [9.17, 15) is 14.4 Å². The van der Waals surface area contributed by atoms with Gasteiger partial charge in [0.05, 0.1) is 6.04 Å². The smallest absolute Gasteiger partial charge is 0.150 e. The van der Waals surface area contributed by atoms with Gasteiger partial charge in [-0.25, -0.2) is 0 Å². The van der Waals surface area contributed by atoms with E-state index in [1.807, 2.05) is 30.1 Å². The van der Waals surface area contributed by atoms with Crippen molar-refractivity contribution in [3.05, 3.63) is 64.7 Å². The Morgan fingerprint density at radius 2 is 1.69 bits per heavy atom. The first-order valence-electron chi connectivity index (χ1n) is 12.7. The van der Waals surface area contributed by atoms with Gasteiger partial charge in [-0.15, -0.1) is 11.8 Å². The van der Waals surface area contributed by atoms with Crippen LogP contribution in [0.1, 0.15) is 59.2 Å². The second kappa shape index (κ2) is 15.0. The topological polar surface area (TPSA) is 57.7 Å². The maximum atomic E-state index is 11.7. The van der Waals surface area contributed by atoms with Crippen LogP contribution in [0, 0.1) is 0 Å². The number of piperidine rings is 1. The number of likely N-dealkylation sites (tertiary alicyclic amines) is 1. The van der Waals surface area contributed by atoms with Crippen molar-refractivity contribution in [3.63, 3.8) is 0 Å². The zero-order valence-corrected chi connectivity index (χ0v) is 21.7. The zero-order chi connectivity index (χ0) is 24.9. The fourth-order valence-electron chi connectivity index (χ4n) is 4.62. The molecule has 1 unspecified atom stereocenters. The molecule has 1 atom stereocenters. The number of hydrogen-bond donors (Lipinski definition) is 0. The number of hydrogen-bond acceptors (Lipinski definition) is 6. The maximum absolute atomic E-state index is 11.7. The van der Waals surface area contributed by atoms with E-state index in [0.29, 0.717) is 24.9 Å². The molecule has 5 nitrogen and oxygen atoms in total. The molecular formula is C29H38N2O3S. The third kappa shape index (κ3) is 8.71. The summed E-state index contributed by atoms with van der Waals surface area (Å²) in [5.74, 6) is 0.911. The van der Waals surface area contributed by atoms with Gasteiger partial charge >= 0.3 is 0 Å². The van der Waals surface area contributed by atoms with Crippen molar-refractivity contribution < 1.29 is 14.4 Å². The highest BCUT2D eigenvalue weighted by molar-refractivity contribution is 7.99. The Labute approximate surface area is 214 Å². The van der Waals surface area contributed by atoms with Crippen molar-refractivity contribution in [1.82, 2.24) is 9.80 Å². The van der Waals surface area contributed by atoms with Gasteiger partial charge in [0.25, 0.3) is 0 Å². The van der Waals surface area contributed by atoms with E-state index in [1.165, 1.54) is 43.5 Å². The van der Waals surface area contributed by atoms with E-state index >= 15 is 0 Å². The minimum atomic E-state index is -0.341. The molecule has 0 bridgehead atoms. The summed E-state index contributed by atoms with van der Waals surface area (Å²) in [6.45, 7) is 4.13. The summed E-state index contributed by atoms with van der Waals surface area (Å²) in [4.78, 5) is 39.5. The Hall–Kier alpha value is -2.28. The third-order valence-corrected chi connectivity index (χ3v) is 7.95. The number of aryl methyl sites for hydroxylation is 1. The number of thioether (sulfide) groups is 1. The molecule has 6 heteroatoms. The summed E-state index contributed by atoms with van der Waals surface area (Å²) in [5.41, 5.74) is 4.32. The summed E-state index contributed by atoms with van der Waals surface area (Å²) in [7, 11) is 1.87. The van der Waals surface area contributed by atoms with Crippen LogP contribution in [0.5, 0.6) is 0 Å². The standard InChI is InChI=1S/C29H38N2O3S/c1-30(27(23-34)8-6-19-32)21-28-26(22-33)7-5-9-29(28)35-20-15-25-12-10-24(11-13-25)14-18-31-16-3-2-4-17-31/h5,7,9-13,19,22-23,27H,2-4,6,8,14-18,20-21H2,1H3. The van der Waals surface area contributed by atoms with Crippen molar-refractivity contribution in [2.24, 2.45) is 0 Å². The number of benzene rings is 2. The molecule has 0 amide bonds. The third-order valence-electron chi connectivity index (χ3n) is 6.84. The SMILES string of the molecule is CN(Cc1c(C=O)cccc1SCCc1ccc(CCN2CCCCC2)cc1)C(C=O)CCC=O. The highest BCUT2D eigenvalue weighted by atomic mass is 32.2. The lowest BCUT2D eigenvalue weighted by molar-refractivity contribution is -0.113. The average Bonchev–Trinajstić information content (AvgIpc) is 2.90. The van der Waals surface area contributed by atoms with E-state index in [-0.39, 0.29) is 6.04 Å². The van der Waals surface area contributed by atoms with Crippen molar-refractivity contribution in [3.8, 4) is 0 Å². The molecule has 2 aromatic rings. The molecule has 0 aliphatic carbocycles. The van der Waals surface area contributed by atoms with Crippen molar-refractivity contribution in [2.45, 2.75) is 62.4 Å². The van der Waals surface area contributed by atoms with E-state index < -0.39 is 0 Å². The van der Waals surface area contributed by atoms with Gasteiger partial charge in [-0.05, 0) is 75.0 Å². The van der Waals surface area contributed by atoms with Crippen molar-refractivity contribution >= 4 is 30.6 Å². The quantitative estimate of drug-likeness (QED) is 0.261. The Morgan fingerprint density at radius 3 is 2.34 bits per heavy atom. The van der Waals surface area contributed by atoms with Crippen LogP contribution in [0.4, 0.5) is 0 Å². The summed E-state index contributed by atoms with van der Waals surface area (Å²) in [5, 5.41) is 0. The number of aldehydes is 3. The molecule has 1 aliphatic rings. The summed E-state index contributed by atoms with van der Waals surface area (Å²) in [6, 6.07) is 14.4. The first-order valence-corrected chi connectivity index (χ1v) is 13.7. The number of carbonyl (C=O) groups is 3. The van der Waals surface area contributed by atoms with Crippen LogP contribution in [0.15, 0.2) is 47.4 Å². The zero-order valence-electron chi connectivity index (χ0n) is 20.9. The van der Waals surface area contributed by atoms with Gasteiger partial charge in [0, 0.05) is 35.7 Å². The van der Waals surface area contributed by atoms with E-state index in [1.54, 1.807) is 11.8 Å². The van der Waals surface area contributed by atoms with Gasteiger partial charge in [-0.1, -0.05) is 42.8 Å². The predicted molar refractivity (Wildman–Crippen MR) is 143 cm³/mol. The summed E-state index contributed by atoms with van der Waals surface area (Å²) >= 11 is 1.75. The molecule has 1 heterocycles. The molecule has 2 aromatic carbocycles. The maximum Gasteiger partial charge on any atom is 0.150 e. The van der Waals surface area contributed by atoms with Crippen LogP contribution in [-0.2, 0) is 29.0 Å². The molecule has 3 rings (SSSR count). The van der Waals surface area contributed by atoms with Gasteiger partial charge in [0.1, 0.15) is 18.9 Å². The molecule has 0 N–H and O–H groups in total. The first kappa shape index (κ1) is 27.3. The van der Waals surface area contributed by atoms with Gasteiger partial charge in [-0.3, -0.25) is 9.69 Å². The molecule has 0 saturated carbocycles. The Morgan fingerprint density at radius 1 is 0.971 bits per heavy atom. The van der Waals surface area contributed by atoms with Crippen LogP contribution < -0.4 is 0 Å². The highest BCUT2D eigenvalue weighted by Gasteiger charge is 2.17. The van der Waals surface area contributed by atoms with Crippen LogP contribution in [0.2, 0.25) is 0 Å². The Bertz CT molecular complexity index is 941.